The molecular formula is C11H22N2O2S. The summed E-state index contributed by atoms with van der Waals surface area (Å²) in [5.74, 6) is 0. The van der Waals surface area contributed by atoms with Gasteiger partial charge in [0, 0.05) is 19.1 Å². The summed E-state index contributed by atoms with van der Waals surface area (Å²) in [5.41, 5.74) is 0. The third kappa shape index (κ3) is 2.76. The Bertz CT molecular complexity index is 317. The molecule has 0 aromatic carbocycles. The minimum absolute atomic E-state index is 0.0485. The zero-order valence-electron chi connectivity index (χ0n) is 9.98. The highest BCUT2D eigenvalue weighted by molar-refractivity contribution is 7.90. The fraction of sp³-hybridized carbons (Fsp3) is 1.00. The van der Waals surface area contributed by atoms with Gasteiger partial charge in [-0.25, -0.2) is 12.7 Å². The number of piperidine rings is 1. The predicted octanol–water partition coefficient (Wildman–Crippen LogP) is 0.943. The van der Waals surface area contributed by atoms with Crippen molar-refractivity contribution in [1.82, 2.24) is 9.62 Å². The lowest BCUT2D eigenvalue weighted by Crippen LogP contribution is -2.46. The second kappa shape index (κ2) is 5.02. The molecule has 0 spiro atoms. The van der Waals surface area contributed by atoms with E-state index in [0.717, 1.165) is 38.6 Å². The molecule has 1 aliphatic carbocycles. The molecule has 16 heavy (non-hydrogen) atoms. The Hall–Kier alpha value is -0.130. The van der Waals surface area contributed by atoms with Gasteiger partial charge in [0.1, 0.15) is 0 Å². The Labute approximate surface area is 98.4 Å². The summed E-state index contributed by atoms with van der Waals surface area (Å²) in [5, 5.41) is 3.42. The van der Waals surface area contributed by atoms with E-state index in [1.54, 1.807) is 4.31 Å². The van der Waals surface area contributed by atoms with Crippen LogP contribution < -0.4 is 5.32 Å². The van der Waals surface area contributed by atoms with E-state index in [4.69, 9.17) is 0 Å². The maximum atomic E-state index is 12.0. The standard InChI is InChI=1S/C11H22N2O2S/c1-2-7-12-10-5-8-13(9-6-10)16(14,15)11-3-4-11/h10-12H,2-9H2,1H3. The second-order valence-electron chi connectivity index (χ2n) is 4.87. The molecule has 0 amide bonds. The highest BCUT2D eigenvalue weighted by Gasteiger charge is 2.40. The van der Waals surface area contributed by atoms with Gasteiger partial charge in [0.05, 0.1) is 5.25 Å². The molecule has 1 saturated heterocycles. The summed E-state index contributed by atoms with van der Waals surface area (Å²) in [6, 6.07) is 0.519. The average molecular weight is 246 g/mol. The molecular weight excluding hydrogens is 224 g/mol. The summed E-state index contributed by atoms with van der Waals surface area (Å²) in [7, 11) is -2.93. The van der Waals surface area contributed by atoms with Gasteiger partial charge in [0.25, 0.3) is 0 Å². The van der Waals surface area contributed by atoms with Crippen LogP contribution in [-0.2, 0) is 10.0 Å². The SMILES string of the molecule is CCCNC1CCN(S(=O)(=O)C2CC2)CC1. The van der Waals surface area contributed by atoms with Crippen molar-refractivity contribution >= 4 is 10.0 Å². The summed E-state index contributed by atoms with van der Waals surface area (Å²) in [4.78, 5) is 0. The molecule has 2 rings (SSSR count). The van der Waals surface area contributed by atoms with Crippen molar-refractivity contribution in [3.63, 3.8) is 0 Å². The zero-order valence-corrected chi connectivity index (χ0v) is 10.8. The van der Waals surface area contributed by atoms with Crippen molar-refractivity contribution in [2.45, 2.75) is 50.3 Å². The van der Waals surface area contributed by atoms with Crippen LogP contribution in [0.4, 0.5) is 0 Å². The molecule has 1 N–H and O–H groups in total. The van der Waals surface area contributed by atoms with Gasteiger partial charge in [0.2, 0.25) is 10.0 Å². The first-order valence-electron chi connectivity index (χ1n) is 6.37. The van der Waals surface area contributed by atoms with Gasteiger partial charge in [-0.3, -0.25) is 0 Å². The summed E-state index contributed by atoms with van der Waals surface area (Å²) < 4.78 is 25.7. The average Bonchev–Trinajstić information content (AvgIpc) is 3.11. The highest BCUT2D eigenvalue weighted by atomic mass is 32.2. The van der Waals surface area contributed by atoms with Crippen LogP contribution >= 0.6 is 0 Å². The Morgan fingerprint density at radius 3 is 2.31 bits per heavy atom. The van der Waals surface area contributed by atoms with Crippen molar-refractivity contribution in [1.29, 1.82) is 0 Å². The van der Waals surface area contributed by atoms with E-state index in [0.29, 0.717) is 19.1 Å². The number of hydrogen-bond acceptors (Lipinski definition) is 3. The summed E-state index contributed by atoms with van der Waals surface area (Å²) in [6.45, 7) is 4.61. The van der Waals surface area contributed by atoms with Gasteiger partial charge in [-0.15, -0.1) is 0 Å². The molecule has 1 aliphatic heterocycles. The topological polar surface area (TPSA) is 49.4 Å². The minimum Gasteiger partial charge on any atom is -0.314 e. The molecule has 0 atom stereocenters. The van der Waals surface area contributed by atoms with Crippen molar-refractivity contribution < 1.29 is 8.42 Å². The van der Waals surface area contributed by atoms with E-state index in [-0.39, 0.29) is 5.25 Å². The van der Waals surface area contributed by atoms with Crippen LogP contribution in [0.5, 0.6) is 0 Å². The molecule has 94 valence electrons. The highest BCUT2D eigenvalue weighted by Crippen LogP contribution is 2.32. The number of nitrogens with one attached hydrogen (secondary N) is 1. The van der Waals surface area contributed by atoms with E-state index in [1.165, 1.54) is 0 Å². The maximum Gasteiger partial charge on any atom is 0.216 e. The Morgan fingerprint density at radius 1 is 1.19 bits per heavy atom. The first-order valence-corrected chi connectivity index (χ1v) is 7.87. The first kappa shape index (κ1) is 12.3. The second-order valence-corrected chi connectivity index (χ2v) is 7.08. The monoisotopic (exact) mass is 246 g/mol. The minimum atomic E-state index is -2.93. The number of hydrogen-bond donors (Lipinski definition) is 1. The Morgan fingerprint density at radius 2 is 1.81 bits per heavy atom. The van der Waals surface area contributed by atoms with Crippen LogP contribution in [0.25, 0.3) is 0 Å². The van der Waals surface area contributed by atoms with Crippen LogP contribution in [0, 0.1) is 0 Å². The van der Waals surface area contributed by atoms with E-state index in [9.17, 15) is 8.42 Å². The molecule has 0 bridgehead atoms. The van der Waals surface area contributed by atoms with Crippen molar-refractivity contribution in [2.75, 3.05) is 19.6 Å². The molecule has 0 aromatic heterocycles. The Balaban J connectivity index is 1.80. The van der Waals surface area contributed by atoms with Gasteiger partial charge >= 0.3 is 0 Å². The number of rotatable bonds is 5. The zero-order chi connectivity index (χ0) is 11.6. The van der Waals surface area contributed by atoms with Gasteiger partial charge in [-0.2, -0.15) is 0 Å². The van der Waals surface area contributed by atoms with Crippen LogP contribution in [0.1, 0.15) is 39.0 Å². The fourth-order valence-corrected chi connectivity index (χ4v) is 4.11. The maximum absolute atomic E-state index is 12.0. The van der Waals surface area contributed by atoms with E-state index < -0.39 is 10.0 Å². The molecule has 2 fully saturated rings. The molecule has 0 radical (unpaired) electrons. The van der Waals surface area contributed by atoms with Crippen LogP contribution in [0.2, 0.25) is 0 Å². The quantitative estimate of drug-likeness (QED) is 0.785. The van der Waals surface area contributed by atoms with Gasteiger partial charge < -0.3 is 5.32 Å². The van der Waals surface area contributed by atoms with E-state index in [1.807, 2.05) is 0 Å². The number of nitrogens with zero attached hydrogens (tertiary/aromatic N) is 1. The van der Waals surface area contributed by atoms with Crippen LogP contribution in [0.3, 0.4) is 0 Å². The molecule has 1 heterocycles. The first-order chi connectivity index (χ1) is 7.64. The largest absolute Gasteiger partial charge is 0.314 e. The van der Waals surface area contributed by atoms with Crippen LogP contribution in [-0.4, -0.2) is 43.6 Å². The molecule has 0 aromatic rings. The number of sulfonamides is 1. The molecule has 0 unspecified atom stereocenters. The normalized spacial score (nSPS) is 24.8. The van der Waals surface area contributed by atoms with Gasteiger partial charge in [-0.05, 0) is 38.6 Å². The van der Waals surface area contributed by atoms with E-state index >= 15 is 0 Å². The van der Waals surface area contributed by atoms with Gasteiger partial charge in [0.15, 0.2) is 0 Å². The van der Waals surface area contributed by atoms with E-state index in [2.05, 4.69) is 12.2 Å². The van der Waals surface area contributed by atoms with Crippen molar-refractivity contribution in [3.8, 4) is 0 Å². The smallest absolute Gasteiger partial charge is 0.216 e. The lowest BCUT2D eigenvalue weighted by atomic mass is 10.1. The molecule has 4 nitrogen and oxygen atoms in total. The third-order valence-corrected chi connectivity index (χ3v) is 5.84. The predicted molar refractivity (Wildman–Crippen MR) is 64.8 cm³/mol. The lowest BCUT2D eigenvalue weighted by Gasteiger charge is -2.31. The fourth-order valence-electron chi connectivity index (χ4n) is 2.24. The third-order valence-electron chi connectivity index (χ3n) is 3.44. The Kier molecular flexibility index (Phi) is 3.87. The summed E-state index contributed by atoms with van der Waals surface area (Å²) in [6.07, 6.45) is 4.81. The van der Waals surface area contributed by atoms with Crippen molar-refractivity contribution in [3.05, 3.63) is 0 Å². The molecule has 1 saturated carbocycles. The van der Waals surface area contributed by atoms with Crippen molar-refractivity contribution in [2.24, 2.45) is 0 Å². The van der Waals surface area contributed by atoms with Gasteiger partial charge in [-0.1, -0.05) is 6.92 Å². The van der Waals surface area contributed by atoms with Crippen LogP contribution in [0.15, 0.2) is 0 Å². The molecule has 5 heteroatoms. The molecule has 2 aliphatic rings. The summed E-state index contributed by atoms with van der Waals surface area (Å²) >= 11 is 0. The lowest BCUT2D eigenvalue weighted by molar-refractivity contribution is 0.289.